The fourth-order valence-corrected chi connectivity index (χ4v) is 6.60. The monoisotopic (exact) mass is 489 g/mol. The zero-order valence-corrected chi connectivity index (χ0v) is 21.2. The van der Waals surface area contributed by atoms with Gasteiger partial charge in [-0.1, -0.05) is 0 Å². The van der Waals surface area contributed by atoms with Gasteiger partial charge in [0.1, 0.15) is 11.6 Å². The summed E-state index contributed by atoms with van der Waals surface area (Å²) in [6.07, 6.45) is 6.58. The molecule has 0 radical (unpaired) electrons. The molecule has 5 heterocycles. The second-order valence-corrected chi connectivity index (χ2v) is 11.4. The van der Waals surface area contributed by atoms with Crippen LogP contribution in [0.4, 0.5) is 16.0 Å². The van der Waals surface area contributed by atoms with E-state index in [9.17, 15) is 4.79 Å². The molecule has 1 amide bonds. The number of carbonyl (C=O) groups excluding carboxylic acids is 1. The Hall–Kier alpha value is -3.33. The van der Waals surface area contributed by atoms with Crippen molar-refractivity contribution >= 4 is 17.5 Å². The normalized spacial score (nSPS) is 27.0. The number of hydrogen-bond acceptors (Lipinski definition) is 6. The van der Waals surface area contributed by atoms with Crippen LogP contribution in [0.5, 0.6) is 0 Å². The van der Waals surface area contributed by atoms with Crippen LogP contribution in [0.25, 0.3) is 11.1 Å². The Balaban J connectivity index is 1.15. The van der Waals surface area contributed by atoms with Gasteiger partial charge in [-0.15, -0.1) is 10.2 Å². The number of nitrogens with zero attached hydrogens (tertiary/aromatic N) is 5. The molecular weight excluding hydrogens is 457 g/mol. The van der Waals surface area contributed by atoms with E-state index in [-0.39, 0.29) is 23.5 Å². The van der Waals surface area contributed by atoms with Crippen molar-refractivity contribution in [3.63, 3.8) is 0 Å². The molecule has 2 aromatic heterocycles. The zero-order valence-electron chi connectivity index (χ0n) is 21.2. The molecule has 3 aliphatic heterocycles. The van der Waals surface area contributed by atoms with E-state index in [0.29, 0.717) is 34.2 Å². The van der Waals surface area contributed by atoms with E-state index in [1.165, 1.54) is 23.8 Å². The van der Waals surface area contributed by atoms with Gasteiger partial charge < -0.3 is 10.6 Å². The number of benzene rings is 1. The van der Waals surface area contributed by atoms with E-state index in [1.807, 2.05) is 26.2 Å². The first-order valence-electron chi connectivity index (χ1n) is 12.6. The molecule has 188 valence electrons. The van der Waals surface area contributed by atoms with Crippen LogP contribution in [-0.2, 0) is 13.6 Å². The molecule has 2 N–H and O–H groups in total. The molecule has 2 bridgehead atoms. The number of piperidine rings is 1. The summed E-state index contributed by atoms with van der Waals surface area (Å²) in [7, 11) is 1.82. The topological polar surface area (TPSA) is 88.0 Å². The fraction of sp³-hybridized carbons (Fsp3) is 0.481. The first-order valence-corrected chi connectivity index (χ1v) is 12.6. The largest absolute Gasteiger partial charge is 0.368 e. The Bertz CT molecular complexity index is 1330. The van der Waals surface area contributed by atoms with Crippen molar-refractivity contribution in [1.82, 2.24) is 25.3 Å². The van der Waals surface area contributed by atoms with Crippen LogP contribution < -0.4 is 15.5 Å². The summed E-state index contributed by atoms with van der Waals surface area (Å²) in [6, 6.07) is 6.85. The smallest absolute Gasteiger partial charge is 0.260 e. The number of nitrogens with one attached hydrogen (secondary N) is 2. The number of amides is 1. The summed E-state index contributed by atoms with van der Waals surface area (Å²) < 4.78 is 16.7. The Morgan fingerprint density at radius 2 is 1.89 bits per heavy atom. The minimum atomic E-state index is -0.397. The maximum atomic E-state index is 15.0. The number of halogens is 1. The predicted molar refractivity (Wildman–Crippen MR) is 136 cm³/mol. The third-order valence-corrected chi connectivity index (χ3v) is 8.12. The van der Waals surface area contributed by atoms with Crippen molar-refractivity contribution in [1.29, 1.82) is 0 Å². The lowest BCUT2D eigenvalue weighted by molar-refractivity contribution is 0.0995. The van der Waals surface area contributed by atoms with Crippen molar-refractivity contribution in [2.45, 2.75) is 64.1 Å². The average Bonchev–Trinajstić information content (AvgIpc) is 3.42. The molecule has 36 heavy (non-hydrogen) atoms. The maximum Gasteiger partial charge on any atom is 0.260 e. The summed E-state index contributed by atoms with van der Waals surface area (Å²) in [5.74, 6) is 1.01. The van der Waals surface area contributed by atoms with Crippen LogP contribution in [0.3, 0.4) is 0 Å². The van der Waals surface area contributed by atoms with Crippen molar-refractivity contribution in [3.05, 3.63) is 53.1 Å². The van der Waals surface area contributed by atoms with Crippen LogP contribution in [0, 0.1) is 18.7 Å². The highest BCUT2D eigenvalue weighted by Crippen LogP contribution is 2.44. The second-order valence-electron chi connectivity index (χ2n) is 11.4. The average molecular weight is 490 g/mol. The molecule has 2 fully saturated rings. The number of fused-ring (bicyclic) bond motifs is 3. The molecule has 2 unspecified atom stereocenters. The van der Waals surface area contributed by atoms with Crippen LogP contribution >= 0.6 is 0 Å². The van der Waals surface area contributed by atoms with Gasteiger partial charge in [-0.25, -0.2) is 4.39 Å². The Kier molecular flexibility index (Phi) is 5.19. The summed E-state index contributed by atoms with van der Waals surface area (Å²) in [6.45, 7) is 7.51. The van der Waals surface area contributed by atoms with Crippen LogP contribution in [0.1, 0.15) is 61.1 Å². The number of carbonyl (C=O) groups is 1. The predicted octanol–water partition coefficient (Wildman–Crippen LogP) is 4.21. The van der Waals surface area contributed by atoms with Gasteiger partial charge in [-0.05, 0) is 82.2 Å². The maximum absolute atomic E-state index is 15.0. The molecule has 1 aromatic carbocycles. The number of aromatic nitrogens is 4. The highest BCUT2D eigenvalue weighted by Gasteiger charge is 2.48. The molecular formula is C27H32FN7O. The summed E-state index contributed by atoms with van der Waals surface area (Å²) in [5, 5.41) is 20.2. The molecule has 6 rings (SSSR count). The van der Waals surface area contributed by atoms with Gasteiger partial charge in [0.2, 0.25) is 0 Å². The SMILES string of the molecule is Cc1nn(C)cc1-c1cc(F)c2c(c1)C(=O)N(c1ccc(NCC3CC4(C)CCC(C)(C3)N4)nn1)C2. The summed E-state index contributed by atoms with van der Waals surface area (Å²) in [5.41, 5.74) is 3.44. The Labute approximate surface area is 210 Å². The molecule has 3 aromatic rings. The van der Waals surface area contributed by atoms with E-state index in [2.05, 4.69) is 39.8 Å². The highest BCUT2D eigenvalue weighted by atomic mass is 19.1. The molecule has 2 atom stereocenters. The standard InChI is InChI=1S/C27H32FN7O/c1-16-20(14-34(4)32-16)18-9-19-21(22(28)10-18)15-35(25(19)36)24-6-5-23(30-31-24)29-13-17-11-26(2)7-8-27(3,12-17)33-26/h5-6,9-10,14,17,33H,7-8,11-13,15H2,1-4H3,(H,29,30). The van der Waals surface area contributed by atoms with Gasteiger partial charge in [-0.2, -0.15) is 5.10 Å². The molecule has 0 aliphatic carbocycles. The van der Waals surface area contributed by atoms with E-state index in [1.54, 1.807) is 16.8 Å². The van der Waals surface area contributed by atoms with Crippen LogP contribution in [0.15, 0.2) is 30.5 Å². The third kappa shape index (κ3) is 3.95. The van der Waals surface area contributed by atoms with E-state index >= 15 is 4.39 Å². The number of anilines is 2. The van der Waals surface area contributed by atoms with Gasteiger partial charge in [0.05, 0.1) is 12.2 Å². The molecule has 8 nitrogen and oxygen atoms in total. The van der Waals surface area contributed by atoms with Gasteiger partial charge in [0.15, 0.2) is 5.82 Å². The molecule has 2 saturated heterocycles. The second kappa shape index (κ2) is 8.09. The van der Waals surface area contributed by atoms with Crippen LogP contribution in [0.2, 0.25) is 0 Å². The summed E-state index contributed by atoms with van der Waals surface area (Å²) in [4.78, 5) is 14.7. The Morgan fingerprint density at radius 1 is 1.14 bits per heavy atom. The molecule has 0 saturated carbocycles. The first-order chi connectivity index (χ1) is 17.1. The zero-order chi connectivity index (χ0) is 25.2. The van der Waals surface area contributed by atoms with E-state index in [4.69, 9.17) is 0 Å². The third-order valence-electron chi connectivity index (χ3n) is 8.12. The lowest BCUT2D eigenvalue weighted by Gasteiger charge is -2.42. The number of rotatable bonds is 5. The lowest BCUT2D eigenvalue weighted by Crippen LogP contribution is -2.54. The van der Waals surface area contributed by atoms with Crippen molar-refractivity contribution in [2.75, 3.05) is 16.8 Å². The van der Waals surface area contributed by atoms with Crippen molar-refractivity contribution in [2.24, 2.45) is 13.0 Å². The molecule has 0 spiro atoms. The minimum absolute atomic E-state index is 0.139. The van der Waals surface area contributed by atoms with Crippen molar-refractivity contribution in [3.8, 4) is 11.1 Å². The van der Waals surface area contributed by atoms with Gasteiger partial charge in [0, 0.05) is 47.6 Å². The molecule has 9 heteroatoms. The first kappa shape index (κ1) is 23.1. The lowest BCUT2D eigenvalue weighted by atomic mass is 9.80. The number of aryl methyl sites for hydroxylation is 2. The van der Waals surface area contributed by atoms with Crippen LogP contribution in [-0.4, -0.2) is 43.5 Å². The van der Waals surface area contributed by atoms with Crippen molar-refractivity contribution < 1.29 is 9.18 Å². The minimum Gasteiger partial charge on any atom is -0.368 e. The van der Waals surface area contributed by atoms with Gasteiger partial charge >= 0.3 is 0 Å². The highest BCUT2D eigenvalue weighted by molar-refractivity contribution is 6.10. The van der Waals surface area contributed by atoms with Gasteiger partial charge in [0.25, 0.3) is 5.91 Å². The molecule has 3 aliphatic rings. The Morgan fingerprint density at radius 3 is 2.53 bits per heavy atom. The quantitative estimate of drug-likeness (QED) is 0.558. The fourth-order valence-electron chi connectivity index (χ4n) is 6.60. The van der Waals surface area contributed by atoms with E-state index < -0.39 is 5.82 Å². The van der Waals surface area contributed by atoms with E-state index in [0.717, 1.165) is 30.6 Å². The van der Waals surface area contributed by atoms with Gasteiger partial charge in [-0.3, -0.25) is 14.4 Å². The number of hydrogen-bond donors (Lipinski definition) is 2. The summed E-state index contributed by atoms with van der Waals surface area (Å²) >= 11 is 0.